The van der Waals surface area contributed by atoms with Crippen LogP contribution >= 0.6 is 0 Å². The average Bonchev–Trinajstić information content (AvgIpc) is 1.85. The van der Waals surface area contributed by atoms with Crippen LogP contribution < -0.4 is 0 Å². The highest BCUT2D eigenvalue weighted by Crippen LogP contribution is 1.93. The Kier molecular flexibility index (Phi) is 10.7. The van der Waals surface area contributed by atoms with Gasteiger partial charge in [0.25, 0.3) is 0 Å². The van der Waals surface area contributed by atoms with Crippen molar-refractivity contribution >= 4 is 0 Å². The van der Waals surface area contributed by atoms with Crippen LogP contribution in [-0.4, -0.2) is 45.3 Å². The van der Waals surface area contributed by atoms with Crippen LogP contribution in [0.3, 0.4) is 0 Å². The van der Waals surface area contributed by atoms with Crippen molar-refractivity contribution in [3.8, 4) is 0 Å². The third kappa shape index (κ3) is 22.5. The van der Waals surface area contributed by atoms with Crippen molar-refractivity contribution < 1.29 is 20.4 Å². The maximum Gasteiger partial charge on any atom is 0.0742 e. The van der Waals surface area contributed by atoms with Crippen LogP contribution in [0.4, 0.5) is 0 Å². The van der Waals surface area contributed by atoms with Gasteiger partial charge in [-0.2, -0.15) is 0 Å². The Morgan fingerprint density at radius 1 is 0.833 bits per heavy atom. The van der Waals surface area contributed by atoms with Crippen molar-refractivity contribution in [2.75, 3.05) is 6.61 Å². The first kappa shape index (κ1) is 14.4. The lowest BCUT2D eigenvalue weighted by Gasteiger charge is -2.04. The van der Waals surface area contributed by atoms with E-state index in [1.165, 1.54) is 6.92 Å². The summed E-state index contributed by atoms with van der Waals surface area (Å²) in [5, 5.41) is 33.1. The molecule has 0 bridgehead atoms. The molecule has 0 fully saturated rings. The fraction of sp³-hybridized carbons (Fsp3) is 1.00. The fourth-order valence-electron chi connectivity index (χ4n) is 0.494. The number of rotatable bonds is 3. The lowest BCUT2D eigenvalue weighted by Crippen LogP contribution is -2.10. The predicted molar refractivity (Wildman–Crippen MR) is 46.7 cm³/mol. The molecule has 3 atom stereocenters. The van der Waals surface area contributed by atoms with Gasteiger partial charge in [0, 0.05) is 0 Å². The molecule has 0 aromatic heterocycles. The molecule has 0 aliphatic carbocycles. The Morgan fingerprint density at radius 3 is 1.08 bits per heavy atom. The summed E-state index contributed by atoms with van der Waals surface area (Å²) in [6.45, 7) is 4.71. The van der Waals surface area contributed by atoms with Crippen molar-refractivity contribution in [3.05, 3.63) is 0 Å². The molecule has 0 saturated carbocycles. The zero-order valence-electron chi connectivity index (χ0n) is 7.94. The van der Waals surface area contributed by atoms with Crippen molar-refractivity contribution in [3.63, 3.8) is 0 Å². The smallest absolute Gasteiger partial charge is 0.0742 e. The summed E-state index contributed by atoms with van der Waals surface area (Å²) in [6, 6.07) is 0. The summed E-state index contributed by atoms with van der Waals surface area (Å²) >= 11 is 0. The van der Waals surface area contributed by atoms with Gasteiger partial charge in [0.1, 0.15) is 0 Å². The van der Waals surface area contributed by atoms with Crippen LogP contribution in [0.5, 0.6) is 0 Å². The first-order valence-electron chi connectivity index (χ1n) is 4.05. The Hall–Kier alpha value is -0.160. The van der Waals surface area contributed by atoms with Gasteiger partial charge in [0.15, 0.2) is 0 Å². The monoisotopic (exact) mass is 180 g/mol. The Bertz CT molecular complexity index is 75.1. The summed E-state index contributed by atoms with van der Waals surface area (Å²) in [4.78, 5) is 0. The van der Waals surface area contributed by atoms with E-state index < -0.39 is 6.10 Å². The summed E-state index contributed by atoms with van der Waals surface area (Å²) in [5.41, 5.74) is 0. The molecule has 3 unspecified atom stereocenters. The first-order chi connectivity index (χ1) is 5.40. The van der Waals surface area contributed by atoms with E-state index in [-0.39, 0.29) is 18.8 Å². The molecule has 0 aliphatic heterocycles. The summed E-state index contributed by atoms with van der Waals surface area (Å²) in [7, 11) is 0. The molecule has 0 heterocycles. The average molecular weight is 180 g/mol. The third-order valence-corrected chi connectivity index (χ3v) is 0.946. The molecule has 0 amide bonds. The van der Waals surface area contributed by atoms with E-state index >= 15 is 0 Å². The van der Waals surface area contributed by atoms with Gasteiger partial charge in [-0.25, -0.2) is 0 Å². The Balaban J connectivity index is 0. The molecule has 0 radical (unpaired) electrons. The number of aliphatic hydroxyl groups is 4. The van der Waals surface area contributed by atoms with Gasteiger partial charge in [-0.1, -0.05) is 0 Å². The minimum absolute atomic E-state index is 0.139. The summed E-state index contributed by atoms with van der Waals surface area (Å²) < 4.78 is 0. The lowest BCUT2D eigenvalue weighted by molar-refractivity contribution is 0.102. The van der Waals surface area contributed by atoms with Crippen LogP contribution in [-0.2, 0) is 0 Å². The molecule has 0 spiro atoms. The van der Waals surface area contributed by atoms with Crippen LogP contribution in [0, 0.1) is 0 Å². The van der Waals surface area contributed by atoms with Crippen molar-refractivity contribution in [1.82, 2.24) is 0 Å². The first-order valence-corrected chi connectivity index (χ1v) is 4.05. The highest BCUT2D eigenvalue weighted by Gasteiger charge is 1.98. The fourth-order valence-corrected chi connectivity index (χ4v) is 0.494. The highest BCUT2D eigenvalue weighted by atomic mass is 16.3. The van der Waals surface area contributed by atoms with E-state index in [1.807, 2.05) is 0 Å². The van der Waals surface area contributed by atoms with Crippen molar-refractivity contribution in [2.24, 2.45) is 0 Å². The number of aliphatic hydroxyl groups excluding tert-OH is 4. The van der Waals surface area contributed by atoms with E-state index in [4.69, 9.17) is 20.4 Å². The maximum atomic E-state index is 8.56. The van der Waals surface area contributed by atoms with Crippen LogP contribution in [0.2, 0.25) is 0 Å². The van der Waals surface area contributed by atoms with Crippen molar-refractivity contribution in [2.45, 2.75) is 45.5 Å². The van der Waals surface area contributed by atoms with Gasteiger partial charge >= 0.3 is 0 Å². The van der Waals surface area contributed by atoms with Gasteiger partial charge in [-0.05, 0) is 27.2 Å². The summed E-state index contributed by atoms with van der Waals surface area (Å²) in [5.74, 6) is 0. The quantitative estimate of drug-likeness (QED) is 0.472. The molecule has 12 heavy (non-hydrogen) atoms. The molecule has 4 heteroatoms. The maximum absolute atomic E-state index is 8.56. The zero-order chi connectivity index (χ0) is 10.1. The van der Waals surface area contributed by atoms with Gasteiger partial charge in [-0.15, -0.1) is 0 Å². The van der Waals surface area contributed by atoms with E-state index in [0.717, 1.165) is 0 Å². The van der Waals surface area contributed by atoms with E-state index in [1.54, 1.807) is 13.8 Å². The Morgan fingerprint density at radius 2 is 1.08 bits per heavy atom. The SMILES string of the molecule is CC(O)CC(C)O.CC(O)CO. The lowest BCUT2D eigenvalue weighted by atomic mass is 10.2. The van der Waals surface area contributed by atoms with E-state index in [0.29, 0.717) is 6.42 Å². The molecule has 0 aromatic rings. The van der Waals surface area contributed by atoms with Crippen LogP contribution in [0.15, 0.2) is 0 Å². The largest absolute Gasteiger partial charge is 0.394 e. The molecule has 0 aliphatic rings. The van der Waals surface area contributed by atoms with Crippen LogP contribution in [0.25, 0.3) is 0 Å². The minimum Gasteiger partial charge on any atom is -0.394 e. The van der Waals surface area contributed by atoms with Gasteiger partial charge in [0.05, 0.1) is 24.9 Å². The number of hydrogen-bond acceptors (Lipinski definition) is 4. The molecular formula is C8H20O4. The molecule has 4 nitrogen and oxygen atoms in total. The van der Waals surface area contributed by atoms with E-state index in [9.17, 15) is 0 Å². The zero-order valence-corrected chi connectivity index (χ0v) is 7.94. The highest BCUT2D eigenvalue weighted by molar-refractivity contribution is 4.51. The van der Waals surface area contributed by atoms with Gasteiger partial charge < -0.3 is 20.4 Å². The normalized spacial score (nSPS) is 17.2. The minimum atomic E-state index is -0.560. The second-order valence-electron chi connectivity index (χ2n) is 2.97. The second-order valence-corrected chi connectivity index (χ2v) is 2.97. The third-order valence-electron chi connectivity index (χ3n) is 0.946. The molecule has 4 N–H and O–H groups in total. The second kappa shape index (κ2) is 8.93. The number of hydrogen-bond donors (Lipinski definition) is 4. The standard InChI is InChI=1S/C5H12O2.C3H8O2/c1-4(6)3-5(2)7;1-3(5)2-4/h4-7H,3H2,1-2H3;3-5H,2H2,1H3. The topological polar surface area (TPSA) is 80.9 Å². The molecular weight excluding hydrogens is 160 g/mol. The summed E-state index contributed by atoms with van der Waals surface area (Å²) in [6.07, 6.45) is -0.838. The predicted octanol–water partition coefficient (Wildman–Crippen LogP) is -0.502. The van der Waals surface area contributed by atoms with Gasteiger partial charge in [0.2, 0.25) is 0 Å². The van der Waals surface area contributed by atoms with Crippen LogP contribution in [0.1, 0.15) is 27.2 Å². The molecule has 0 rings (SSSR count). The van der Waals surface area contributed by atoms with Gasteiger partial charge in [-0.3, -0.25) is 0 Å². The molecule has 0 saturated heterocycles. The molecule has 76 valence electrons. The molecule has 0 aromatic carbocycles. The Labute approximate surface area is 73.5 Å². The van der Waals surface area contributed by atoms with Crippen molar-refractivity contribution in [1.29, 1.82) is 0 Å². The van der Waals surface area contributed by atoms with E-state index in [2.05, 4.69) is 0 Å².